The average molecular weight is 756 g/mol. The van der Waals surface area contributed by atoms with Gasteiger partial charge in [0.2, 0.25) is 0 Å². The summed E-state index contributed by atoms with van der Waals surface area (Å²) in [5, 5.41) is 29.3. The third kappa shape index (κ3) is 7.79. The van der Waals surface area contributed by atoms with Gasteiger partial charge in [0.05, 0.1) is 44.7 Å². The number of thiophene rings is 2. The summed E-state index contributed by atoms with van der Waals surface area (Å²) in [5.41, 5.74) is 3.51. The molecule has 224 valence electrons. The summed E-state index contributed by atoms with van der Waals surface area (Å²) in [6.07, 6.45) is 6.87. The molecule has 13 heteroatoms. The summed E-state index contributed by atoms with van der Waals surface area (Å²) in [6, 6.07) is 18.8. The Kier molecular flexibility index (Phi) is 10.2. The third-order valence-electron chi connectivity index (χ3n) is 6.23. The van der Waals surface area contributed by atoms with E-state index in [0.717, 1.165) is 51.9 Å². The second-order valence-corrected chi connectivity index (χ2v) is 13.5. The molecule has 0 saturated carbocycles. The van der Waals surface area contributed by atoms with Crippen molar-refractivity contribution < 1.29 is 19.8 Å². The van der Waals surface area contributed by atoms with Crippen molar-refractivity contribution in [2.24, 2.45) is 0 Å². The number of pyridine rings is 2. The summed E-state index contributed by atoms with van der Waals surface area (Å²) in [6.45, 7) is 1.67. The number of aliphatic hydroxyl groups excluding tert-OH is 1. The molecule has 1 amide bonds. The molecular formula is C31H25Br2N5O4S2. The van der Waals surface area contributed by atoms with Crippen molar-refractivity contribution >= 4 is 109 Å². The van der Waals surface area contributed by atoms with Crippen LogP contribution in [0.4, 0.5) is 22.7 Å². The number of aromatic nitrogens is 2. The predicted octanol–water partition coefficient (Wildman–Crippen LogP) is 8.41. The minimum atomic E-state index is -0.916. The molecule has 0 fully saturated rings. The van der Waals surface area contributed by atoms with Crippen molar-refractivity contribution in [1.29, 1.82) is 0 Å². The molecule has 4 aromatic heterocycles. The summed E-state index contributed by atoms with van der Waals surface area (Å²) >= 11 is 9.41. The number of carboxylic acid groups (broad SMARTS) is 1. The molecule has 0 spiro atoms. The van der Waals surface area contributed by atoms with E-state index in [1.54, 1.807) is 37.8 Å². The predicted molar refractivity (Wildman–Crippen MR) is 185 cm³/mol. The number of aliphatic hydroxyl groups is 1. The molecule has 0 saturated heterocycles. The smallest absolute Gasteiger partial charge is 0.345 e. The number of fused-ring (bicyclic) bond motifs is 2. The van der Waals surface area contributed by atoms with Crippen molar-refractivity contribution in [3.63, 3.8) is 0 Å². The molecule has 0 radical (unpaired) electrons. The zero-order valence-corrected chi connectivity index (χ0v) is 27.9. The maximum absolute atomic E-state index is 12.2. The lowest BCUT2D eigenvalue weighted by Gasteiger charge is -2.08. The number of hydrogen-bond acceptors (Lipinski definition) is 9. The van der Waals surface area contributed by atoms with Crippen LogP contribution in [0, 0.1) is 0 Å². The highest BCUT2D eigenvalue weighted by Crippen LogP contribution is 2.33. The maximum atomic E-state index is 12.2. The van der Waals surface area contributed by atoms with Gasteiger partial charge in [-0.2, -0.15) is 0 Å². The lowest BCUT2D eigenvalue weighted by Crippen LogP contribution is -2.34. The van der Waals surface area contributed by atoms with E-state index in [1.807, 2.05) is 54.6 Å². The second-order valence-electron chi connectivity index (χ2n) is 9.55. The standard InChI is InChI=1S/C17H16BrN3O2S.C14H9BrN2O2S/c1-10(9-22)20-17(23)15-6-13-14(7-19-8-16(13)24-15)21-12-4-2-11(18)3-5-12;15-8-1-3-9(4-2-8)17-11-6-16-7-13-10(11)5-12(20-13)14(18)19/h2-8,10,21-22H,9H2,1H3,(H,20,23);1-7,17H,(H,18,19). The van der Waals surface area contributed by atoms with E-state index >= 15 is 0 Å². The number of hydrogen-bond donors (Lipinski definition) is 5. The number of carboxylic acids is 1. The van der Waals surface area contributed by atoms with Crippen LogP contribution in [0.3, 0.4) is 0 Å². The number of nitrogens with zero attached hydrogens (tertiary/aromatic N) is 2. The summed E-state index contributed by atoms with van der Waals surface area (Å²) in [5.74, 6) is -1.10. The Labute approximate surface area is 277 Å². The summed E-state index contributed by atoms with van der Waals surface area (Å²) in [7, 11) is 0. The van der Waals surface area contributed by atoms with Crippen molar-refractivity contribution in [2.75, 3.05) is 17.2 Å². The molecule has 0 aliphatic carbocycles. The molecule has 9 nitrogen and oxygen atoms in total. The van der Waals surface area contributed by atoms with Crippen LogP contribution in [0.15, 0.2) is 94.4 Å². The van der Waals surface area contributed by atoms with Crippen molar-refractivity contribution in [3.05, 3.63) is 104 Å². The summed E-state index contributed by atoms with van der Waals surface area (Å²) in [4.78, 5) is 32.6. The van der Waals surface area contributed by atoms with Gasteiger partial charge >= 0.3 is 5.97 Å². The Hall–Kier alpha value is -3.88. The van der Waals surface area contributed by atoms with Gasteiger partial charge in [-0.3, -0.25) is 14.8 Å². The van der Waals surface area contributed by atoms with Crippen LogP contribution in [-0.2, 0) is 0 Å². The Morgan fingerprint density at radius 2 is 1.23 bits per heavy atom. The zero-order valence-electron chi connectivity index (χ0n) is 23.0. The first-order chi connectivity index (χ1) is 21.2. The van der Waals surface area contributed by atoms with Crippen LogP contribution in [0.5, 0.6) is 0 Å². The molecule has 1 atom stereocenters. The molecule has 4 heterocycles. The fraction of sp³-hybridized carbons (Fsp3) is 0.0968. The Bertz CT molecular complexity index is 1930. The molecule has 6 aromatic rings. The van der Waals surface area contributed by atoms with Gasteiger partial charge in [0.25, 0.3) is 5.91 Å². The van der Waals surface area contributed by atoms with Crippen LogP contribution >= 0.6 is 54.5 Å². The first kappa shape index (κ1) is 31.5. The van der Waals surface area contributed by atoms with Gasteiger partial charge < -0.3 is 26.2 Å². The van der Waals surface area contributed by atoms with Gasteiger partial charge in [-0.15, -0.1) is 22.7 Å². The highest BCUT2D eigenvalue weighted by atomic mass is 79.9. The topological polar surface area (TPSA) is 136 Å². The molecule has 0 bridgehead atoms. The number of rotatable bonds is 8. The van der Waals surface area contributed by atoms with Gasteiger partial charge in [0, 0.05) is 49.5 Å². The minimum absolute atomic E-state index is 0.0887. The van der Waals surface area contributed by atoms with Crippen LogP contribution < -0.4 is 16.0 Å². The van der Waals surface area contributed by atoms with E-state index in [9.17, 15) is 9.59 Å². The highest BCUT2D eigenvalue weighted by molar-refractivity contribution is 9.10. The van der Waals surface area contributed by atoms with E-state index in [-0.39, 0.29) is 18.6 Å². The maximum Gasteiger partial charge on any atom is 0.345 e. The van der Waals surface area contributed by atoms with E-state index in [0.29, 0.717) is 9.75 Å². The fourth-order valence-electron chi connectivity index (χ4n) is 4.06. The van der Waals surface area contributed by atoms with Crippen LogP contribution in [-0.4, -0.2) is 44.7 Å². The molecule has 44 heavy (non-hydrogen) atoms. The van der Waals surface area contributed by atoms with E-state index < -0.39 is 5.97 Å². The van der Waals surface area contributed by atoms with E-state index in [1.165, 1.54) is 22.7 Å². The van der Waals surface area contributed by atoms with Gasteiger partial charge in [-0.1, -0.05) is 31.9 Å². The number of carbonyl (C=O) groups is 2. The van der Waals surface area contributed by atoms with Crippen molar-refractivity contribution in [2.45, 2.75) is 13.0 Å². The van der Waals surface area contributed by atoms with Crippen LogP contribution in [0.2, 0.25) is 0 Å². The largest absolute Gasteiger partial charge is 0.477 e. The van der Waals surface area contributed by atoms with Gasteiger partial charge in [-0.25, -0.2) is 4.79 Å². The highest BCUT2D eigenvalue weighted by Gasteiger charge is 2.15. The van der Waals surface area contributed by atoms with Gasteiger partial charge in [0.15, 0.2) is 0 Å². The molecule has 1 unspecified atom stereocenters. The van der Waals surface area contributed by atoms with E-state index in [2.05, 4.69) is 57.8 Å². The fourth-order valence-corrected chi connectivity index (χ4v) is 6.44. The Balaban J connectivity index is 0.000000177. The number of nitrogens with one attached hydrogen (secondary N) is 3. The monoisotopic (exact) mass is 753 g/mol. The van der Waals surface area contributed by atoms with E-state index in [4.69, 9.17) is 10.2 Å². The average Bonchev–Trinajstić information content (AvgIpc) is 3.66. The Morgan fingerprint density at radius 3 is 1.68 bits per heavy atom. The zero-order chi connectivity index (χ0) is 31.2. The lowest BCUT2D eigenvalue weighted by molar-refractivity contribution is 0.0702. The SMILES string of the molecule is CC(CO)NC(=O)c1cc2c(Nc3ccc(Br)cc3)cncc2s1.O=C(O)c1cc2c(Nc3ccc(Br)cc3)cncc2s1. The van der Waals surface area contributed by atoms with Crippen molar-refractivity contribution in [1.82, 2.24) is 15.3 Å². The van der Waals surface area contributed by atoms with Crippen LogP contribution in [0.25, 0.3) is 20.2 Å². The van der Waals surface area contributed by atoms with Gasteiger partial charge in [0.1, 0.15) is 4.88 Å². The molecule has 6 rings (SSSR count). The lowest BCUT2D eigenvalue weighted by atomic mass is 10.2. The molecule has 0 aliphatic rings. The number of carbonyl (C=O) groups excluding carboxylic acids is 1. The normalized spacial score (nSPS) is 11.5. The number of anilines is 4. The second kappa shape index (κ2) is 14.3. The molecule has 2 aromatic carbocycles. The number of amides is 1. The first-order valence-electron chi connectivity index (χ1n) is 13.2. The third-order valence-corrected chi connectivity index (χ3v) is 9.41. The minimum Gasteiger partial charge on any atom is -0.477 e. The number of aromatic carboxylic acids is 1. The first-order valence-corrected chi connectivity index (χ1v) is 16.4. The quantitative estimate of drug-likeness (QED) is 0.105. The number of benzene rings is 2. The van der Waals surface area contributed by atoms with Crippen molar-refractivity contribution in [3.8, 4) is 0 Å². The molecule has 0 aliphatic heterocycles. The Morgan fingerprint density at radius 1 is 0.773 bits per heavy atom. The van der Waals surface area contributed by atoms with Crippen LogP contribution in [0.1, 0.15) is 26.3 Å². The summed E-state index contributed by atoms with van der Waals surface area (Å²) < 4.78 is 3.79. The van der Waals surface area contributed by atoms with Gasteiger partial charge in [-0.05, 0) is 67.6 Å². The molecular weight excluding hydrogens is 730 g/mol. The number of halogens is 2. The molecule has 5 N–H and O–H groups in total.